The molecule has 0 aliphatic carbocycles. The molecule has 0 amide bonds. The lowest BCUT2D eigenvalue weighted by molar-refractivity contribution is 0.124. The lowest BCUT2D eigenvalue weighted by Gasteiger charge is -2.36. The predicted octanol–water partition coefficient (Wildman–Crippen LogP) is 1.89. The number of hydrogen-bond acceptors (Lipinski definition) is 7. The van der Waals surface area contributed by atoms with Crippen LogP contribution in [-0.4, -0.2) is 39.4 Å². The van der Waals surface area contributed by atoms with Gasteiger partial charge in [0.25, 0.3) is 0 Å². The van der Waals surface area contributed by atoms with Crippen molar-refractivity contribution in [1.29, 1.82) is 0 Å². The highest BCUT2D eigenvalue weighted by Gasteiger charge is 2.37. The van der Waals surface area contributed by atoms with Gasteiger partial charge in [0, 0.05) is 30.6 Å². The average molecular weight is 398 g/mol. The van der Waals surface area contributed by atoms with E-state index in [9.17, 15) is 4.39 Å². The number of halogens is 1. The molecule has 0 radical (unpaired) electrons. The van der Waals surface area contributed by atoms with E-state index in [2.05, 4.69) is 15.0 Å². The Morgan fingerprint density at radius 2 is 2.21 bits per heavy atom. The number of nitrogen functional groups attached to an aromatic ring is 1. The van der Waals surface area contributed by atoms with Gasteiger partial charge in [0.1, 0.15) is 23.8 Å². The van der Waals surface area contributed by atoms with Gasteiger partial charge in [-0.2, -0.15) is 5.10 Å². The number of nitrogens with two attached hydrogens (primary N) is 2. The molecule has 0 saturated heterocycles. The van der Waals surface area contributed by atoms with Crippen molar-refractivity contribution in [2.45, 2.75) is 38.5 Å². The second-order valence-electron chi connectivity index (χ2n) is 8.07. The third-order valence-corrected chi connectivity index (χ3v) is 5.65. The SMILES string of the molecule is C[C@@H]1COc2cn3ncc(N)c3nc2N1Cc1cc(F)cc2c1OC(C)(CN)C2. The largest absolute Gasteiger partial charge is 0.486 e. The van der Waals surface area contributed by atoms with Gasteiger partial charge in [-0.1, -0.05) is 0 Å². The van der Waals surface area contributed by atoms with E-state index in [1.807, 2.05) is 13.8 Å². The van der Waals surface area contributed by atoms with Gasteiger partial charge in [-0.15, -0.1) is 0 Å². The van der Waals surface area contributed by atoms with E-state index in [4.69, 9.17) is 20.9 Å². The van der Waals surface area contributed by atoms with E-state index in [0.29, 0.717) is 54.8 Å². The second kappa shape index (κ2) is 6.21. The summed E-state index contributed by atoms with van der Waals surface area (Å²) < 4.78 is 28.0. The summed E-state index contributed by atoms with van der Waals surface area (Å²) >= 11 is 0. The van der Waals surface area contributed by atoms with Crippen molar-refractivity contribution in [2.24, 2.45) is 5.73 Å². The molecule has 4 N–H and O–H groups in total. The average Bonchev–Trinajstić information content (AvgIpc) is 3.22. The Bertz CT molecular complexity index is 1120. The zero-order chi connectivity index (χ0) is 20.3. The maximum Gasteiger partial charge on any atom is 0.180 e. The number of fused-ring (bicyclic) bond motifs is 3. The van der Waals surface area contributed by atoms with Crippen LogP contribution in [0.2, 0.25) is 0 Å². The van der Waals surface area contributed by atoms with Crippen molar-refractivity contribution in [3.8, 4) is 11.5 Å². The molecule has 152 valence electrons. The van der Waals surface area contributed by atoms with Gasteiger partial charge in [0.15, 0.2) is 17.2 Å². The topological polar surface area (TPSA) is 104 Å². The summed E-state index contributed by atoms with van der Waals surface area (Å²) in [6.45, 7) is 5.26. The molecule has 2 aliphatic rings. The normalized spacial score (nSPS) is 22.9. The first-order valence-electron chi connectivity index (χ1n) is 9.60. The number of aromatic nitrogens is 3. The van der Waals surface area contributed by atoms with Crippen LogP contribution in [-0.2, 0) is 13.0 Å². The van der Waals surface area contributed by atoms with Crippen LogP contribution in [0.4, 0.5) is 15.9 Å². The van der Waals surface area contributed by atoms with Gasteiger partial charge in [-0.05, 0) is 26.0 Å². The van der Waals surface area contributed by atoms with Crippen LogP contribution < -0.4 is 25.8 Å². The monoisotopic (exact) mass is 398 g/mol. The maximum atomic E-state index is 14.4. The summed E-state index contributed by atoms with van der Waals surface area (Å²) in [5, 5.41) is 4.19. The summed E-state index contributed by atoms with van der Waals surface area (Å²) in [7, 11) is 0. The van der Waals surface area contributed by atoms with E-state index in [0.717, 1.165) is 11.1 Å². The highest BCUT2D eigenvalue weighted by molar-refractivity contribution is 5.69. The van der Waals surface area contributed by atoms with Gasteiger partial charge in [0.05, 0.1) is 24.1 Å². The smallest absolute Gasteiger partial charge is 0.180 e. The molecule has 0 spiro atoms. The molecule has 8 nitrogen and oxygen atoms in total. The molecule has 0 bridgehead atoms. The van der Waals surface area contributed by atoms with Crippen LogP contribution in [0, 0.1) is 5.82 Å². The number of ether oxygens (including phenoxy) is 2. The van der Waals surface area contributed by atoms with Crippen LogP contribution in [0.5, 0.6) is 11.5 Å². The highest BCUT2D eigenvalue weighted by Crippen LogP contribution is 2.41. The number of benzene rings is 1. The molecule has 2 atom stereocenters. The van der Waals surface area contributed by atoms with Crippen LogP contribution in [0.1, 0.15) is 25.0 Å². The lowest BCUT2D eigenvalue weighted by Crippen LogP contribution is -2.41. The number of anilines is 2. The van der Waals surface area contributed by atoms with Gasteiger partial charge >= 0.3 is 0 Å². The molecule has 1 aromatic carbocycles. The molecule has 2 aromatic heterocycles. The summed E-state index contributed by atoms with van der Waals surface area (Å²) in [5.41, 5.74) is 14.0. The lowest BCUT2D eigenvalue weighted by atomic mass is 9.98. The fraction of sp³-hybridized carbons (Fsp3) is 0.400. The molecule has 3 aromatic rings. The fourth-order valence-electron chi connectivity index (χ4n) is 4.03. The molecule has 0 fully saturated rings. The summed E-state index contributed by atoms with van der Waals surface area (Å²) in [4.78, 5) is 6.77. The van der Waals surface area contributed by atoms with Gasteiger partial charge in [-0.25, -0.2) is 13.9 Å². The molecule has 29 heavy (non-hydrogen) atoms. The van der Waals surface area contributed by atoms with Crippen molar-refractivity contribution >= 4 is 17.2 Å². The molecular formula is C20H23FN6O2. The number of rotatable bonds is 3. The van der Waals surface area contributed by atoms with E-state index < -0.39 is 5.60 Å². The van der Waals surface area contributed by atoms with Crippen LogP contribution in [0.25, 0.3) is 5.65 Å². The Balaban J connectivity index is 1.57. The predicted molar refractivity (Wildman–Crippen MR) is 107 cm³/mol. The Labute approximate surface area is 167 Å². The minimum Gasteiger partial charge on any atom is -0.486 e. The number of nitrogens with zero attached hydrogens (tertiary/aromatic N) is 4. The van der Waals surface area contributed by atoms with Gasteiger partial charge in [0.2, 0.25) is 0 Å². The Kier molecular flexibility index (Phi) is 3.86. The fourth-order valence-corrected chi connectivity index (χ4v) is 4.03. The highest BCUT2D eigenvalue weighted by atomic mass is 19.1. The third-order valence-electron chi connectivity index (χ3n) is 5.65. The van der Waals surface area contributed by atoms with E-state index in [-0.39, 0.29) is 11.9 Å². The minimum absolute atomic E-state index is 0.0304. The summed E-state index contributed by atoms with van der Waals surface area (Å²) in [5.74, 6) is 1.69. The molecule has 5 rings (SSSR count). The molecular weight excluding hydrogens is 375 g/mol. The standard InChI is InChI=1S/C20H23FN6O2/c1-11-9-28-16-8-27-18(15(23)6-24-27)25-19(16)26(11)7-13-4-14(21)3-12-5-20(2,10-22)29-17(12)13/h3-4,6,8,11H,5,7,9-10,22-23H2,1-2H3/t11-,20?/m1/s1. The van der Waals surface area contributed by atoms with Crippen molar-refractivity contribution in [1.82, 2.24) is 14.6 Å². The Hall–Kier alpha value is -3.07. The molecule has 0 saturated carbocycles. The first kappa shape index (κ1) is 18.0. The second-order valence-corrected chi connectivity index (χ2v) is 8.07. The first-order valence-corrected chi connectivity index (χ1v) is 9.60. The van der Waals surface area contributed by atoms with Crippen LogP contribution >= 0.6 is 0 Å². The molecule has 2 aliphatic heterocycles. The first-order chi connectivity index (χ1) is 13.9. The van der Waals surface area contributed by atoms with Crippen molar-refractivity contribution < 1.29 is 13.9 Å². The van der Waals surface area contributed by atoms with Crippen molar-refractivity contribution in [2.75, 3.05) is 23.8 Å². The van der Waals surface area contributed by atoms with Gasteiger partial charge in [-0.3, -0.25) is 0 Å². The van der Waals surface area contributed by atoms with Crippen molar-refractivity contribution in [3.63, 3.8) is 0 Å². The van der Waals surface area contributed by atoms with E-state index >= 15 is 0 Å². The zero-order valence-electron chi connectivity index (χ0n) is 16.4. The Morgan fingerprint density at radius 1 is 1.38 bits per heavy atom. The van der Waals surface area contributed by atoms with Gasteiger partial charge < -0.3 is 25.8 Å². The number of hydrogen-bond donors (Lipinski definition) is 2. The third kappa shape index (κ3) is 2.84. The summed E-state index contributed by atoms with van der Waals surface area (Å²) in [6.07, 6.45) is 3.91. The van der Waals surface area contributed by atoms with Crippen LogP contribution in [0.3, 0.4) is 0 Å². The Morgan fingerprint density at radius 3 is 3.00 bits per heavy atom. The van der Waals surface area contributed by atoms with Crippen LogP contribution in [0.15, 0.2) is 24.5 Å². The molecule has 1 unspecified atom stereocenters. The quantitative estimate of drug-likeness (QED) is 0.694. The maximum absolute atomic E-state index is 14.4. The molecule has 4 heterocycles. The minimum atomic E-state index is -0.518. The zero-order valence-corrected chi connectivity index (χ0v) is 16.4. The summed E-state index contributed by atoms with van der Waals surface area (Å²) in [6, 6.07) is 3.09. The molecule has 9 heteroatoms. The van der Waals surface area contributed by atoms with E-state index in [1.54, 1.807) is 16.9 Å². The van der Waals surface area contributed by atoms with E-state index in [1.165, 1.54) is 12.1 Å². The van der Waals surface area contributed by atoms with Crippen molar-refractivity contribution in [3.05, 3.63) is 41.5 Å².